The van der Waals surface area contributed by atoms with Crippen molar-refractivity contribution in [3.8, 4) is 0 Å². The minimum Gasteiger partial charge on any atom is -0.503 e. The van der Waals surface area contributed by atoms with Crippen LogP contribution in [0.5, 0.6) is 0 Å². The summed E-state index contributed by atoms with van der Waals surface area (Å²) in [6.45, 7) is 1.96. The van der Waals surface area contributed by atoms with Gasteiger partial charge in [0.25, 0.3) is 5.12 Å². The van der Waals surface area contributed by atoms with Crippen LogP contribution < -0.4 is 0 Å². The number of carbonyl (C=O) groups is 2. The van der Waals surface area contributed by atoms with E-state index in [0.29, 0.717) is 16.0 Å². The Hall–Kier alpha value is -2.01. The van der Waals surface area contributed by atoms with Gasteiger partial charge < -0.3 is 9.84 Å². The SMILES string of the molecule is CCOC(=O)/C=C1\SC(=O)C(O)=C1c1ccccc1. The van der Waals surface area contributed by atoms with Gasteiger partial charge in [0.15, 0.2) is 5.76 Å². The Morgan fingerprint density at radius 2 is 2.05 bits per heavy atom. The number of thioether (sulfide) groups is 1. The second-order valence-electron chi connectivity index (χ2n) is 3.74. The molecular formula is C14H12O4S. The summed E-state index contributed by atoms with van der Waals surface area (Å²) in [6, 6.07) is 8.96. The van der Waals surface area contributed by atoms with Gasteiger partial charge in [-0.1, -0.05) is 30.3 Å². The Morgan fingerprint density at radius 3 is 2.68 bits per heavy atom. The molecule has 1 aliphatic heterocycles. The van der Waals surface area contributed by atoms with E-state index in [1.54, 1.807) is 31.2 Å². The molecule has 0 fully saturated rings. The molecular weight excluding hydrogens is 264 g/mol. The lowest BCUT2D eigenvalue weighted by Gasteiger charge is -2.04. The Kier molecular flexibility index (Phi) is 4.06. The number of allylic oxidation sites excluding steroid dienone is 1. The van der Waals surface area contributed by atoms with E-state index in [2.05, 4.69) is 0 Å². The molecule has 0 spiro atoms. The molecule has 1 aromatic carbocycles. The lowest BCUT2D eigenvalue weighted by Crippen LogP contribution is -2.00. The zero-order valence-electron chi connectivity index (χ0n) is 10.3. The topological polar surface area (TPSA) is 63.6 Å². The lowest BCUT2D eigenvalue weighted by atomic mass is 10.0. The van der Waals surface area contributed by atoms with Crippen molar-refractivity contribution in [2.75, 3.05) is 6.61 Å². The quantitative estimate of drug-likeness (QED) is 0.679. The summed E-state index contributed by atoms with van der Waals surface area (Å²) >= 11 is 0.828. The minimum atomic E-state index is -0.527. The van der Waals surface area contributed by atoms with Crippen LogP contribution in [0.25, 0.3) is 5.57 Å². The van der Waals surface area contributed by atoms with Gasteiger partial charge in [0.1, 0.15) is 0 Å². The van der Waals surface area contributed by atoms with Gasteiger partial charge in [-0.25, -0.2) is 4.79 Å². The molecule has 5 heteroatoms. The molecule has 0 aromatic heterocycles. The van der Waals surface area contributed by atoms with E-state index in [1.165, 1.54) is 6.08 Å². The Morgan fingerprint density at radius 1 is 1.37 bits per heavy atom. The zero-order valence-corrected chi connectivity index (χ0v) is 11.1. The summed E-state index contributed by atoms with van der Waals surface area (Å²) in [6.07, 6.45) is 1.23. The average molecular weight is 276 g/mol. The first-order valence-corrected chi connectivity index (χ1v) is 6.54. The molecule has 0 radical (unpaired) electrons. The highest BCUT2D eigenvalue weighted by Crippen LogP contribution is 2.42. The highest BCUT2D eigenvalue weighted by molar-refractivity contribution is 8.18. The number of aliphatic hydroxyl groups is 1. The summed E-state index contributed by atoms with van der Waals surface area (Å²) in [4.78, 5) is 23.4. The molecule has 98 valence electrons. The third-order valence-corrected chi connectivity index (χ3v) is 3.40. The molecule has 0 aliphatic carbocycles. The molecule has 2 rings (SSSR count). The van der Waals surface area contributed by atoms with Crippen LogP contribution in [0, 0.1) is 0 Å². The second-order valence-corrected chi connectivity index (χ2v) is 4.75. The van der Waals surface area contributed by atoms with Crippen molar-refractivity contribution >= 4 is 28.4 Å². The van der Waals surface area contributed by atoms with Crippen molar-refractivity contribution in [1.82, 2.24) is 0 Å². The predicted octanol–water partition coefficient (Wildman–Crippen LogP) is 2.68. The monoisotopic (exact) mass is 276 g/mol. The van der Waals surface area contributed by atoms with Crippen LogP contribution in [0.2, 0.25) is 0 Å². The maximum Gasteiger partial charge on any atom is 0.331 e. The van der Waals surface area contributed by atoms with Crippen LogP contribution in [0.15, 0.2) is 47.1 Å². The van der Waals surface area contributed by atoms with Crippen molar-refractivity contribution in [2.24, 2.45) is 0 Å². The number of hydrogen-bond donors (Lipinski definition) is 1. The molecule has 19 heavy (non-hydrogen) atoms. The van der Waals surface area contributed by atoms with Gasteiger partial charge in [-0.2, -0.15) is 0 Å². The fraction of sp³-hybridized carbons (Fsp3) is 0.143. The van der Waals surface area contributed by atoms with E-state index in [1.807, 2.05) is 6.07 Å². The predicted molar refractivity (Wildman–Crippen MR) is 73.3 cm³/mol. The van der Waals surface area contributed by atoms with Gasteiger partial charge in [0.05, 0.1) is 6.61 Å². The molecule has 0 amide bonds. The largest absolute Gasteiger partial charge is 0.503 e. The molecule has 0 saturated carbocycles. The van der Waals surface area contributed by atoms with Gasteiger partial charge in [0, 0.05) is 16.6 Å². The van der Waals surface area contributed by atoms with Crippen molar-refractivity contribution in [1.29, 1.82) is 0 Å². The van der Waals surface area contributed by atoms with Crippen molar-refractivity contribution < 1.29 is 19.4 Å². The number of carbonyl (C=O) groups excluding carboxylic acids is 2. The number of rotatable bonds is 3. The number of benzene rings is 1. The summed E-state index contributed by atoms with van der Waals surface area (Å²) in [5.41, 5.74) is 1.07. The normalized spacial score (nSPS) is 17.1. The van der Waals surface area contributed by atoms with Crippen LogP contribution in [-0.2, 0) is 14.3 Å². The third kappa shape index (κ3) is 2.88. The van der Waals surface area contributed by atoms with Crippen LogP contribution in [0.4, 0.5) is 0 Å². The van der Waals surface area contributed by atoms with Crippen molar-refractivity contribution in [3.05, 3.63) is 52.6 Å². The summed E-state index contributed by atoms with van der Waals surface area (Å²) in [7, 11) is 0. The molecule has 0 saturated heterocycles. The van der Waals surface area contributed by atoms with Crippen LogP contribution in [-0.4, -0.2) is 22.8 Å². The summed E-state index contributed by atoms with van der Waals surface area (Å²) < 4.78 is 4.81. The Labute approximate surface area is 114 Å². The van der Waals surface area contributed by atoms with Crippen molar-refractivity contribution in [2.45, 2.75) is 6.92 Å². The maximum absolute atomic E-state index is 11.6. The third-order valence-electron chi connectivity index (χ3n) is 2.48. The van der Waals surface area contributed by atoms with Crippen molar-refractivity contribution in [3.63, 3.8) is 0 Å². The highest BCUT2D eigenvalue weighted by atomic mass is 32.2. The van der Waals surface area contributed by atoms with E-state index < -0.39 is 11.1 Å². The highest BCUT2D eigenvalue weighted by Gasteiger charge is 2.30. The lowest BCUT2D eigenvalue weighted by molar-refractivity contribution is -0.137. The molecule has 1 heterocycles. The molecule has 1 aromatic rings. The van der Waals surface area contributed by atoms with Crippen LogP contribution >= 0.6 is 11.8 Å². The fourth-order valence-corrected chi connectivity index (χ4v) is 2.56. The number of esters is 1. The molecule has 1 N–H and O–H groups in total. The van der Waals surface area contributed by atoms with Crippen LogP contribution in [0.1, 0.15) is 12.5 Å². The molecule has 4 nitrogen and oxygen atoms in total. The first kappa shape index (κ1) is 13.4. The number of hydrogen-bond acceptors (Lipinski definition) is 5. The van der Waals surface area contributed by atoms with E-state index in [-0.39, 0.29) is 12.4 Å². The Bertz CT molecular complexity index is 572. The van der Waals surface area contributed by atoms with Gasteiger partial charge in [-0.15, -0.1) is 0 Å². The average Bonchev–Trinajstić information content (AvgIpc) is 2.66. The van der Waals surface area contributed by atoms with E-state index in [0.717, 1.165) is 11.8 Å². The standard InChI is InChI=1S/C14H12O4S/c1-2-18-11(15)8-10-12(13(16)14(17)19-10)9-6-4-3-5-7-9/h3-8,16H,2H2,1H3/b10-8-. The number of aliphatic hydroxyl groups excluding tert-OH is 1. The zero-order chi connectivity index (χ0) is 13.8. The first-order chi connectivity index (χ1) is 9.13. The molecule has 1 aliphatic rings. The minimum absolute atomic E-state index is 0.262. The molecule has 0 unspecified atom stereocenters. The number of ether oxygens (including phenoxy) is 1. The second kappa shape index (κ2) is 5.75. The Balaban J connectivity index is 2.42. The molecule has 0 atom stereocenters. The smallest absolute Gasteiger partial charge is 0.331 e. The van der Waals surface area contributed by atoms with Crippen LogP contribution in [0.3, 0.4) is 0 Å². The van der Waals surface area contributed by atoms with Gasteiger partial charge >= 0.3 is 5.97 Å². The van der Waals surface area contributed by atoms with E-state index in [9.17, 15) is 14.7 Å². The van der Waals surface area contributed by atoms with E-state index in [4.69, 9.17) is 4.74 Å². The van der Waals surface area contributed by atoms with E-state index >= 15 is 0 Å². The fourth-order valence-electron chi connectivity index (χ4n) is 1.69. The summed E-state index contributed by atoms with van der Waals surface area (Å²) in [5, 5.41) is 9.38. The van der Waals surface area contributed by atoms with Gasteiger partial charge in [-0.3, -0.25) is 4.79 Å². The molecule has 0 bridgehead atoms. The van der Waals surface area contributed by atoms with Gasteiger partial charge in [0.2, 0.25) is 0 Å². The summed E-state index contributed by atoms with van der Waals surface area (Å²) in [5.74, 6) is -0.854. The first-order valence-electron chi connectivity index (χ1n) is 5.73. The van der Waals surface area contributed by atoms with Gasteiger partial charge in [-0.05, 0) is 24.2 Å². The maximum atomic E-state index is 11.6.